The summed E-state index contributed by atoms with van der Waals surface area (Å²) in [5.74, 6) is 1.54. The van der Waals surface area contributed by atoms with Gasteiger partial charge in [0.25, 0.3) is 0 Å². The summed E-state index contributed by atoms with van der Waals surface area (Å²) in [6.45, 7) is 6.11. The molecule has 0 spiro atoms. The van der Waals surface area contributed by atoms with Crippen LogP contribution in [-0.2, 0) is 6.54 Å². The molecule has 0 amide bonds. The molecule has 2 N–H and O–H groups in total. The molecule has 0 bridgehead atoms. The lowest BCUT2D eigenvalue weighted by Gasteiger charge is -2.27. The van der Waals surface area contributed by atoms with Crippen LogP contribution < -0.4 is 5.73 Å². The average Bonchev–Trinajstić information content (AvgIpc) is 2.58. The lowest BCUT2D eigenvalue weighted by molar-refractivity contribution is 0.248. The summed E-state index contributed by atoms with van der Waals surface area (Å²) >= 11 is 3.59. The van der Waals surface area contributed by atoms with Gasteiger partial charge in [0.2, 0.25) is 0 Å². The van der Waals surface area contributed by atoms with E-state index in [2.05, 4.69) is 39.6 Å². The lowest BCUT2D eigenvalue weighted by atomic mass is 9.82. The monoisotopic (exact) mass is 299 g/mol. The molecule has 1 heterocycles. The molecule has 96 valence electrons. The SMILES string of the molecule is Cc1nn(CC2CCC(CN)CC2)c(C)c1Br. The Kier molecular flexibility index (Phi) is 4.26. The Bertz CT molecular complexity index is 378. The fourth-order valence-electron chi connectivity index (χ4n) is 2.75. The molecule has 1 aliphatic carbocycles. The molecule has 4 heteroatoms. The summed E-state index contributed by atoms with van der Waals surface area (Å²) in [4.78, 5) is 0. The third-order valence-electron chi connectivity index (χ3n) is 4.02. The number of hydrogen-bond acceptors (Lipinski definition) is 2. The van der Waals surface area contributed by atoms with Gasteiger partial charge in [0.05, 0.1) is 10.2 Å². The van der Waals surface area contributed by atoms with Crippen molar-refractivity contribution >= 4 is 15.9 Å². The van der Waals surface area contributed by atoms with Gasteiger partial charge in [-0.25, -0.2) is 0 Å². The van der Waals surface area contributed by atoms with Gasteiger partial charge in [-0.05, 0) is 73.8 Å². The van der Waals surface area contributed by atoms with Crippen molar-refractivity contribution in [3.05, 3.63) is 15.9 Å². The van der Waals surface area contributed by atoms with Gasteiger partial charge < -0.3 is 5.73 Å². The third kappa shape index (κ3) is 2.91. The van der Waals surface area contributed by atoms with Crippen LogP contribution in [0.5, 0.6) is 0 Å². The van der Waals surface area contributed by atoms with Crippen LogP contribution in [0.4, 0.5) is 0 Å². The van der Waals surface area contributed by atoms with Crippen LogP contribution in [0.1, 0.15) is 37.1 Å². The maximum Gasteiger partial charge on any atom is 0.0738 e. The number of halogens is 1. The van der Waals surface area contributed by atoms with E-state index in [4.69, 9.17) is 5.73 Å². The zero-order valence-electron chi connectivity index (χ0n) is 10.7. The Hall–Kier alpha value is -0.350. The Balaban J connectivity index is 1.95. The molecular weight excluding hydrogens is 278 g/mol. The zero-order valence-corrected chi connectivity index (χ0v) is 12.3. The standard InChI is InChI=1S/C13H22BrN3/c1-9-13(14)10(2)17(16-9)8-12-5-3-11(7-15)4-6-12/h11-12H,3-8,15H2,1-2H3. The van der Waals surface area contributed by atoms with E-state index < -0.39 is 0 Å². The Morgan fingerprint density at radius 3 is 2.29 bits per heavy atom. The molecule has 0 aliphatic heterocycles. The molecule has 1 aromatic rings. The number of hydrogen-bond donors (Lipinski definition) is 1. The van der Waals surface area contributed by atoms with Crippen molar-refractivity contribution in [1.82, 2.24) is 9.78 Å². The van der Waals surface area contributed by atoms with Crippen LogP contribution in [0.15, 0.2) is 4.47 Å². The molecule has 0 radical (unpaired) electrons. The van der Waals surface area contributed by atoms with Gasteiger partial charge in [-0.1, -0.05) is 0 Å². The first kappa shape index (κ1) is 13.1. The van der Waals surface area contributed by atoms with Crippen molar-refractivity contribution in [2.45, 2.75) is 46.1 Å². The van der Waals surface area contributed by atoms with E-state index in [0.29, 0.717) is 0 Å². The quantitative estimate of drug-likeness (QED) is 0.932. The number of aromatic nitrogens is 2. The molecule has 2 rings (SSSR count). The highest BCUT2D eigenvalue weighted by Gasteiger charge is 2.21. The fraction of sp³-hybridized carbons (Fsp3) is 0.769. The van der Waals surface area contributed by atoms with E-state index in [1.165, 1.54) is 31.4 Å². The Morgan fingerprint density at radius 2 is 1.82 bits per heavy atom. The van der Waals surface area contributed by atoms with Gasteiger partial charge in [-0.3, -0.25) is 4.68 Å². The van der Waals surface area contributed by atoms with Gasteiger partial charge in [-0.2, -0.15) is 5.10 Å². The van der Waals surface area contributed by atoms with Crippen LogP contribution in [-0.4, -0.2) is 16.3 Å². The van der Waals surface area contributed by atoms with E-state index >= 15 is 0 Å². The molecule has 0 unspecified atom stereocenters. The van der Waals surface area contributed by atoms with Crippen molar-refractivity contribution in [1.29, 1.82) is 0 Å². The Labute approximate surface area is 112 Å². The van der Waals surface area contributed by atoms with Crippen molar-refractivity contribution in [3.63, 3.8) is 0 Å². The second kappa shape index (κ2) is 5.53. The second-order valence-electron chi connectivity index (χ2n) is 5.29. The summed E-state index contributed by atoms with van der Waals surface area (Å²) in [5, 5.41) is 4.59. The summed E-state index contributed by atoms with van der Waals surface area (Å²) in [6, 6.07) is 0. The first-order valence-electron chi connectivity index (χ1n) is 6.51. The first-order chi connectivity index (χ1) is 8.11. The molecule has 17 heavy (non-hydrogen) atoms. The van der Waals surface area contributed by atoms with Crippen LogP contribution in [0, 0.1) is 25.7 Å². The average molecular weight is 300 g/mol. The van der Waals surface area contributed by atoms with Gasteiger partial charge >= 0.3 is 0 Å². The number of nitrogens with zero attached hydrogens (tertiary/aromatic N) is 2. The predicted octanol–water partition coefficient (Wildman–Crippen LogP) is 3.03. The normalized spacial score (nSPS) is 25.2. The van der Waals surface area contributed by atoms with E-state index in [1.807, 2.05) is 0 Å². The highest BCUT2D eigenvalue weighted by Crippen LogP contribution is 2.30. The number of nitrogens with two attached hydrogens (primary N) is 1. The molecular formula is C13H22BrN3. The minimum Gasteiger partial charge on any atom is -0.330 e. The van der Waals surface area contributed by atoms with E-state index in [9.17, 15) is 0 Å². The Morgan fingerprint density at radius 1 is 1.24 bits per heavy atom. The van der Waals surface area contributed by atoms with Crippen LogP contribution in [0.3, 0.4) is 0 Å². The summed E-state index contributed by atoms with van der Waals surface area (Å²) in [5.41, 5.74) is 8.07. The van der Waals surface area contributed by atoms with Gasteiger partial charge in [0.15, 0.2) is 0 Å². The van der Waals surface area contributed by atoms with Gasteiger partial charge in [0, 0.05) is 12.2 Å². The molecule has 1 aromatic heterocycles. The van der Waals surface area contributed by atoms with Crippen LogP contribution >= 0.6 is 15.9 Å². The topological polar surface area (TPSA) is 43.8 Å². The second-order valence-corrected chi connectivity index (χ2v) is 6.08. The molecule has 3 nitrogen and oxygen atoms in total. The first-order valence-corrected chi connectivity index (χ1v) is 7.30. The van der Waals surface area contributed by atoms with E-state index in [1.54, 1.807) is 0 Å². The summed E-state index contributed by atoms with van der Waals surface area (Å²) in [7, 11) is 0. The maximum atomic E-state index is 5.72. The zero-order chi connectivity index (χ0) is 12.4. The minimum atomic E-state index is 0.762. The highest BCUT2D eigenvalue weighted by molar-refractivity contribution is 9.10. The van der Waals surface area contributed by atoms with Crippen molar-refractivity contribution < 1.29 is 0 Å². The van der Waals surface area contributed by atoms with Crippen molar-refractivity contribution in [2.75, 3.05) is 6.54 Å². The largest absolute Gasteiger partial charge is 0.330 e. The summed E-state index contributed by atoms with van der Waals surface area (Å²) < 4.78 is 3.32. The van der Waals surface area contributed by atoms with Gasteiger partial charge in [0.1, 0.15) is 0 Å². The minimum absolute atomic E-state index is 0.762. The van der Waals surface area contributed by atoms with Gasteiger partial charge in [-0.15, -0.1) is 0 Å². The lowest BCUT2D eigenvalue weighted by Crippen LogP contribution is -2.24. The summed E-state index contributed by atoms with van der Waals surface area (Å²) in [6.07, 6.45) is 5.19. The van der Waals surface area contributed by atoms with Crippen molar-refractivity contribution in [3.8, 4) is 0 Å². The molecule has 1 aliphatic rings. The number of rotatable bonds is 3. The van der Waals surface area contributed by atoms with Crippen LogP contribution in [0.25, 0.3) is 0 Å². The molecule has 0 saturated heterocycles. The van der Waals surface area contributed by atoms with E-state index in [0.717, 1.165) is 35.1 Å². The highest BCUT2D eigenvalue weighted by atomic mass is 79.9. The molecule has 1 fully saturated rings. The predicted molar refractivity (Wildman–Crippen MR) is 73.9 cm³/mol. The van der Waals surface area contributed by atoms with Crippen LogP contribution in [0.2, 0.25) is 0 Å². The molecule has 1 saturated carbocycles. The maximum absolute atomic E-state index is 5.72. The molecule has 0 aromatic carbocycles. The van der Waals surface area contributed by atoms with E-state index in [-0.39, 0.29) is 0 Å². The molecule has 0 atom stereocenters. The van der Waals surface area contributed by atoms with Crippen molar-refractivity contribution in [2.24, 2.45) is 17.6 Å². The fourth-order valence-corrected chi connectivity index (χ4v) is 3.03. The number of aryl methyl sites for hydroxylation is 1. The smallest absolute Gasteiger partial charge is 0.0738 e. The third-order valence-corrected chi connectivity index (χ3v) is 5.17.